The molecule has 178 valence electrons. The summed E-state index contributed by atoms with van der Waals surface area (Å²) in [6.45, 7) is 4.77. The van der Waals surface area contributed by atoms with Crippen LogP contribution in [0.1, 0.15) is 37.7 Å². The van der Waals surface area contributed by atoms with Crippen molar-refractivity contribution < 1.29 is 29.1 Å². The van der Waals surface area contributed by atoms with Crippen LogP contribution in [0.4, 0.5) is 14.9 Å². The number of carbonyl (C=O) groups excluding carboxylic acids is 1. The highest BCUT2D eigenvalue weighted by molar-refractivity contribution is 6.40. The molecule has 2 amide bonds. The molecule has 1 heterocycles. The van der Waals surface area contributed by atoms with Gasteiger partial charge >= 0.3 is 19.1 Å². The molecule has 0 spiro atoms. The summed E-state index contributed by atoms with van der Waals surface area (Å²) >= 11 is 0. The summed E-state index contributed by atoms with van der Waals surface area (Å²) in [5, 5.41) is 30.1. The molecule has 11 heteroatoms. The third kappa shape index (κ3) is 8.05. The molecule has 0 saturated carbocycles. The van der Waals surface area contributed by atoms with Crippen molar-refractivity contribution >= 4 is 24.8 Å². The van der Waals surface area contributed by atoms with Crippen molar-refractivity contribution in [2.45, 2.75) is 50.9 Å². The maximum absolute atomic E-state index is 13.4. The van der Waals surface area contributed by atoms with Gasteiger partial charge in [0.2, 0.25) is 0 Å². The monoisotopic (exact) mass is 452 g/mol. The molecular formula is C21H34BFN4O5. The summed E-state index contributed by atoms with van der Waals surface area (Å²) in [7, 11) is -1.38. The van der Waals surface area contributed by atoms with Gasteiger partial charge in [-0.15, -0.1) is 0 Å². The van der Waals surface area contributed by atoms with Gasteiger partial charge in [0.1, 0.15) is 11.4 Å². The van der Waals surface area contributed by atoms with Gasteiger partial charge < -0.3 is 31.1 Å². The second-order valence-corrected chi connectivity index (χ2v) is 8.51. The summed E-state index contributed by atoms with van der Waals surface area (Å²) < 4.78 is 13.4. The van der Waals surface area contributed by atoms with Gasteiger partial charge in [-0.1, -0.05) is 12.8 Å². The maximum Gasteiger partial charge on any atom is 0.451 e. The number of carboxylic acid groups (broad SMARTS) is 1. The Labute approximate surface area is 188 Å². The molecular weight excluding hydrogens is 418 g/mol. The van der Waals surface area contributed by atoms with Gasteiger partial charge in [0.05, 0.1) is 0 Å². The number of anilines is 1. The van der Waals surface area contributed by atoms with Crippen LogP contribution >= 0.6 is 0 Å². The van der Waals surface area contributed by atoms with E-state index in [9.17, 15) is 19.1 Å². The quantitative estimate of drug-likeness (QED) is 0.253. The smallest absolute Gasteiger partial charge is 0.451 e. The summed E-state index contributed by atoms with van der Waals surface area (Å²) in [6.07, 6.45) is 2.45. The lowest BCUT2D eigenvalue weighted by Gasteiger charge is -2.35. The van der Waals surface area contributed by atoms with E-state index < -0.39 is 18.6 Å². The third-order valence-corrected chi connectivity index (χ3v) is 5.93. The van der Waals surface area contributed by atoms with Crippen LogP contribution in [0.25, 0.3) is 0 Å². The fraction of sp³-hybridized carbons (Fsp3) is 0.619. The molecule has 1 atom stereocenters. The molecule has 9 nitrogen and oxygen atoms in total. The van der Waals surface area contributed by atoms with Gasteiger partial charge in [-0.3, -0.25) is 9.69 Å². The first-order chi connectivity index (χ1) is 15.1. The number of hydrogen-bond acceptors (Lipinski definition) is 6. The van der Waals surface area contributed by atoms with Crippen molar-refractivity contribution in [1.29, 1.82) is 0 Å². The molecule has 0 aliphatic carbocycles. The number of aliphatic carboxylic acids is 1. The number of nitrogens with zero attached hydrogens (tertiary/aromatic N) is 2. The van der Waals surface area contributed by atoms with Crippen molar-refractivity contribution in [3.8, 4) is 0 Å². The number of carbonyl (C=O) groups is 2. The number of carboxylic acids is 1. The molecule has 0 radical (unpaired) electrons. The van der Waals surface area contributed by atoms with Crippen LogP contribution in [0.2, 0.25) is 6.32 Å². The number of nitrogens with two attached hydrogens (primary N) is 1. The van der Waals surface area contributed by atoms with Crippen LogP contribution in [0.5, 0.6) is 0 Å². The van der Waals surface area contributed by atoms with E-state index in [4.69, 9.17) is 15.8 Å². The SMILES string of the molecule is Cc1cc(NC(=O)N2CCN(CCCC(N)(CCCCB(O)O)C(=O)O)CC2)ccc1F. The molecule has 1 aliphatic rings. The minimum atomic E-state index is -1.38. The van der Waals surface area contributed by atoms with Gasteiger partial charge in [0.25, 0.3) is 0 Å². The number of rotatable bonds is 11. The Morgan fingerprint density at radius 1 is 1.16 bits per heavy atom. The molecule has 1 aromatic carbocycles. The molecule has 1 aliphatic heterocycles. The van der Waals surface area contributed by atoms with E-state index in [-0.39, 0.29) is 24.6 Å². The highest BCUT2D eigenvalue weighted by Crippen LogP contribution is 2.20. The van der Waals surface area contributed by atoms with E-state index in [0.29, 0.717) is 69.7 Å². The van der Waals surface area contributed by atoms with E-state index in [0.717, 1.165) is 0 Å². The summed E-state index contributed by atoms with van der Waals surface area (Å²) in [5.41, 5.74) is 5.80. The van der Waals surface area contributed by atoms with Gasteiger partial charge in [-0.05, 0) is 62.8 Å². The molecule has 1 fully saturated rings. The third-order valence-electron chi connectivity index (χ3n) is 5.93. The fourth-order valence-corrected chi connectivity index (χ4v) is 3.82. The average Bonchev–Trinajstić information content (AvgIpc) is 2.74. The highest BCUT2D eigenvalue weighted by atomic mass is 19.1. The largest absolute Gasteiger partial charge is 0.480 e. The normalized spacial score (nSPS) is 16.5. The van der Waals surface area contributed by atoms with Crippen molar-refractivity contribution in [3.05, 3.63) is 29.6 Å². The number of benzene rings is 1. The molecule has 32 heavy (non-hydrogen) atoms. The maximum atomic E-state index is 13.4. The van der Waals surface area contributed by atoms with Crippen LogP contribution in [-0.4, -0.2) is 82.3 Å². The topological polar surface area (TPSA) is 139 Å². The molecule has 6 N–H and O–H groups in total. The molecule has 2 rings (SSSR count). The van der Waals surface area contributed by atoms with Crippen LogP contribution in [0, 0.1) is 12.7 Å². The van der Waals surface area contributed by atoms with E-state index in [2.05, 4.69) is 10.2 Å². The highest BCUT2D eigenvalue weighted by Gasteiger charge is 2.33. The number of amides is 2. The first kappa shape index (κ1) is 26.1. The number of urea groups is 1. The van der Waals surface area contributed by atoms with Crippen molar-refractivity contribution in [2.75, 3.05) is 38.0 Å². The number of aryl methyl sites for hydroxylation is 1. The average molecular weight is 452 g/mol. The Hall–Kier alpha value is -2.21. The van der Waals surface area contributed by atoms with Gasteiger partial charge in [-0.2, -0.15) is 0 Å². The first-order valence-electron chi connectivity index (χ1n) is 11.0. The van der Waals surface area contributed by atoms with E-state index in [1.54, 1.807) is 17.9 Å². The minimum Gasteiger partial charge on any atom is -0.480 e. The number of hydrogen-bond donors (Lipinski definition) is 5. The molecule has 1 aromatic rings. The van der Waals surface area contributed by atoms with Gasteiger partial charge in [-0.25, -0.2) is 9.18 Å². The van der Waals surface area contributed by atoms with E-state index in [1.165, 1.54) is 12.1 Å². The second-order valence-electron chi connectivity index (χ2n) is 8.51. The summed E-state index contributed by atoms with van der Waals surface area (Å²) in [4.78, 5) is 28.0. The molecule has 1 saturated heterocycles. The fourth-order valence-electron chi connectivity index (χ4n) is 3.82. The number of unbranched alkanes of at least 4 members (excludes halogenated alkanes) is 1. The van der Waals surface area contributed by atoms with Crippen molar-refractivity contribution in [3.63, 3.8) is 0 Å². The lowest BCUT2D eigenvalue weighted by Crippen LogP contribution is -2.51. The molecule has 0 aromatic heterocycles. The number of halogens is 1. The van der Waals surface area contributed by atoms with Crippen LogP contribution in [-0.2, 0) is 4.79 Å². The lowest BCUT2D eigenvalue weighted by molar-refractivity contribution is -0.144. The Kier molecular flexibility index (Phi) is 9.89. The minimum absolute atomic E-state index is 0.203. The predicted molar refractivity (Wildman–Crippen MR) is 121 cm³/mol. The Bertz CT molecular complexity index is 777. The Morgan fingerprint density at radius 2 is 1.81 bits per heavy atom. The van der Waals surface area contributed by atoms with E-state index in [1.807, 2.05) is 0 Å². The Morgan fingerprint density at radius 3 is 2.41 bits per heavy atom. The standard InChI is InChI=1S/C21H34BFN4O5/c1-16-15-17(5-6-18(16)23)25-20(30)27-13-11-26(12-14-27)10-4-8-21(24,19(28)29)7-2-3-9-22(31)32/h5-6,15,31-32H,2-4,7-14,24H2,1H3,(H,25,30)(H,28,29). The lowest BCUT2D eigenvalue weighted by atomic mass is 9.81. The van der Waals surface area contributed by atoms with Crippen molar-refractivity contribution in [2.24, 2.45) is 5.73 Å². The summed E-state index contributed by atoms with van der Waals surface area (Å²) in [6, 6.07) is 4.23. The van der Waals surface area contributed by atoms with Crippen LogP contribution in [0.3, 0.4) is 0 Å². The zero-order valence-corrected chi connectivity index (χ0v) is 18.6. The second kappa shape index (κ2) is 12.1. The predicted octanol–water partition coefficient (Wildman–Crippen LogP) is 1.49. The first-order valence-corrected chi connectivity index (χ1v) is 11.0. The number of nitrogens with one attached hydrogen (secondary N) is 1. The molecule has 0 bridgehead atoms. The number of piperazine rings is 1. The van der Waals surface area contributed by atoms with Gasteiger partial charge in [0, 0.05) is 31.9 Å². The zero-order chi connectivity index (χ0) is 23.7. The van der Waals surface area contributed by atoms with Crippen LogP contribution < -0.4 is 11.1 Å². The van der Waals surface area contributed by atoms with E-state index >= 15 is 0 Å². The summed E-state index contributed by atoms with van der Waals surface area (Å²) in [5.74, 6) is -1.36. The zero-order valence-electron chi connectivity index (χ0n) is 18.6. The van der Waals surface area contributed by atoms with Gasteiger partial charge in [0.15, 0.2) is 0 Å². The van der Waals surface area contributed by atoms with Crippen molar-refractivity contribution in [1.82, 2.24) is 9.80 Å². The van der Waals surface area contributed by atoms with Crippen LogP contribution in [0.15, 0.2) is 18.2 Å². The Balaban J connectivity index is 1.72. The molecule has 1 unspecified atom stereocenters.